The van der Waals surface area contributed by atoms with Gasteiger partial charge in [0.25, 0.3) is 0 Å². The van der Waals surface area contributed by atoms with Crippen LogP contribution < -0.4 is 10.1 Å². The predicted octanol–water partition coefficient (Wildman–Crippen LogP) is 1.18. The van der Waals surface area contributed by atoms with Crippen LogP contribution in [0.25, 0.3) is 0 Å². The van der Waals surface area contributed by atoms with E-state index in [0.717, 1.165) is 12.1 Å². The Hall–Kier alpha value is -2.18. The smallest absolute Gasteiger partial charge is 0.307 e. The van der Waals surface area contributed by atoms with Crippen molar-refractivity contribution in [3.8, 4) is 5.75 Å². The lowest BCUT2D eigenvalue weighted by Crippen LogP contribution is -2.30. The number of carbonyl (C=O) groups excluding carboxylic acids is 1. The zero-order chi connectivity index (χ0) is 14.7. The third-order valence-electron chi connectivity index (χ3n) is 3.01. The van der Waals surface area contributed by atoms with Gasteiger partial charge >= 0.3 is 5.97 Å². The van der Waals surface area contributed by atoms with Crippen molar-refractivity contribution >= 4 is 11.9 Å². The van der Waals surface area contributed by atoms with Crippen LogP contribution in [0.3, 0.4) is 0 Å². The summed E-state index contributed by atoms with van der Waals surface area (Å²) in [6.07, 6.45) is 0.352. The summed E-state index contributed by atoms with van der Waals surface area (Å²) < 4.78 is 30.7. The Balaban J connectivity index is 1.68. The fraction of sp³-hybridized carbons (Fsp3) is 0.385. The highest BCUT2D eigenvalue weighted by Gasteiger charge is 2.48. The minimum Gasteiger partial charge on any atom is -0.492 e. The summed E-state index contributed by atoms with van der Waals surface area (Å²) in [6.45, 7) is 0.252. The van der Waals surface area contributed by atoms with Gasteiger partial charge in [-0.25, -0.2) is 8.78 Å². The molecule has 2 atom stereocenters. The van der Waals surface area contributed by atoms with Gasteiger partial charge in [-0.15, -0.1) is 0 Å². The molecule has 0 unspecified atom stereocenters. The molecular weight excluding hydrogens is 272 g/mol. The van der Waals surface area contributed by atoms with Crippen LogP contribution in [-0.2, 0) is 9.59 Å². The topological polar surface area (TPSA) is 75.6 Å². The largest absolute Gasteiger partial charge is 0.492 e. The Bertz CT molecular complexity index is 535. The number of nitrogens with one attached hydrogen (secondary N) is 1. The van der Waals surface area contributed by atoms with Gasteiger partial charge < -0.3 is 15.2 Å². The molecule has 2 N–H and O–H groups in total. The first kappa shape index (κ1) is 14.2. The molecule has 2 rings (SSSR count). The second-order valence-electron chi connectivity index (χ2n) is 4.50. The summed E-state index contributed by atoms with van der Waals surface area (Å²) in [5.74, 6) is -4.17. The minimum absolute atomic E-state index is 0.0846. The second kappa shape index (κ2) is 5.85. The Morgan fingerprint density at radius 3 is 2.65 bits per heavy atom. The Morgan fingerprint density at radius 2 is 2.05 bits per heavy atom. The van der Waals surface area contributed by atoms with E-state index in [1.165, 1.54) is 6.07 Å². The molecule has 1 aliphatic rings. The molecule has 0 radical (unpaired) electrons. The minimum atomic E-state index is -1.01. The molecule has 1 aliphatic carbocycles. The average Bonchev–Trinajstić information content (AvgIpc) is 3.19. The maximum atomic E-state index is 12.9. The van der Waals surface area contributed by atoms with Crippen LogP contribution in [0, 0.1) is 23.5 Å². The van der Waals surface area contributed by atoms with Gasteiger partial charge in [-0.05, 0) is 18.6 Å². The van der Waals surface area contributed by atoms with Crippen molar-refractivity contribution in [1.29, 1.82) is 0 Å². The van der Waals surface area contributed by atoms with Gasteiger partial charge in [0.05, 0.1) is 18.4 Å². The molecule has 1 amide bonds. The van der Waals surface area contributed by atoms with Crippen molar-refractivity contribution in [2.24, 2.45) is 11.8 Å². The third kappa shape index (κ3) is 3.43. The van der Waals surface area contributed by atoms with Crippen LogP contribution in [0.2, 0.25) is 0 Å². The number of carbonyl (C=O) groups is 2. The Morgan fingerprint density at radius 1 is 1.30 bits per heavy atom. The van der Waals surface area contributed by atoms with E-state index in [2.05, 4.69) is 5.32 Å². The zero-order valence-corrected chi connectivity index (χ0v) is 10.4. The summed E-state index contributed by atoms with van der Waals surface area (Å²) in [6, 6.07) is 3.14. The number of aliphatic carboxylic acids is 1. The second-order valence-corrected chi connectivity index (χ2v) is 4.50. The van der Waals surface area contributed by atoms with Gasteiger partial charge in [0, 0.05) is 6.07 Å². The van der Waals surface area contributed by atoms with Crippen molar-refractivity contribution in [3.05, 3.63) is 29.8 Å². The van der Waals surface area contributed by atoms with E-state index in [9.17, 15) is 18.4 Å². The lowest BCUT2D eigenvalue weighted by atomic mass is 10.3. The number of carboxylic acid groups (broad SMARTS) is 1. The maximum absolute atomic E-state index is 12.9. The molecular formula is C13H13F2NO4. The van der Waals surface area contributed by atoms with E-state index in [1.54, 1.807) is 0 Å². The first-order valence-corrected chi connectivity index (χ1v) is 6.07. The number of halogens is 2. The van der Waals surface area contributed by atoms with Gasteiger partial charge in [-0.2, -0.15) is 0 Å². The molecule has 0 bridgehead atoms. The van der Waals surface area contributed by atoms with E-state index in [1.807, 2.05) is 0 Å². The van der Waals surface area contributed by atoms with E-state index >= 15 is 0 Å². The highest BCUT2D eigenvalue weighted by Crippen LogP contribution is 2.38. The predicted molar refractivity (Wildman–Crippen MR) is 64.1 cm³/mol. The molecule has 7 heteroatoms. The molecule has 20 heavy (non-hydrogen) atoms. The van der Waals surface area contributed by atoms with Gasteiger partial charge in [0.15, 0.2) is 11.6 Å². The molecule has 5 nitrogen and oxygen atoms in total. The van der Waals surface area contributed by atoms with Crippen molar-refractivity contribution in [2.75, 3.05) is 13.2 Å². The molecule has 0 saturated heterocycles. The molecule has 0 spiro atoms. The number of hydrogen-bond donors (Lipinski definition) is 2. The average molecular weight is 285 g/mol. The van der Waals surface area contributed by atoms with Gasteiger partial charge in [0.2, 0.25) is 5.91 Å². The van der Waals surface area contributed by atoms with Gasteiger partial charge in [-0.3, -0.25) is 9.59 Å². The maximum Gasteiger partial charge on any atom is 0.307 e. The number of rotatable bonds is 6. The molecule has 0 heterocycles. The lowest BCUT2D eigenvalue weighted by Gasteiger charge is -2.07. The molecule has 0 aliphatic heterocycles. The highest BCUT2D eigenvalue weighted by atomic mass is 19.2. The fourth-order valence-corrected chi connectivity index (χ4v) is 1.80. The number of hydrogen-bond acceptors (Lipinski definition) is 3. The standard InChI is InChI=1S/C13H13F2NO4/c14-10-2-1-7(5-11(10)15)20-4-3-16-12(17)8-6-9(8)13(18)19/h1-2,5,8-9H,3-4,6H2,(H,16,17)(H,18,19)/t8-,9-/m0/s1. The fourth-order valence-electron chi connectivity index (χ4n) is 1.80. The van der Waals surface area contributed by atoms with Crippen LogP contribution in [0.15, 0.2) is 18.2 Å². The Labute approximate surface area is 113 Å². The monoisotopic (exact) mass is 285 g/mol. The molecule has 1 saturated carbocycles. The summed E-state index contributed by atoms with van der Waals surface area (Å²) in [7, 11) is 0. The number of ether oxygens (including phenoxy) is 1. The summed E-state index contributed by atoms with van der Waals surface area (Å²) in [5, 5.41) is 11.2. The summed E-state index contributed by atoms with van der Waals surface area (Å²) in [4.78, 5) is 22.1. The number of amides is 1. The summed E-state index contributed by atoms with van der Waals surface area (Å²) >= 11 is 0. The van der Waals surface area contributed by atoms with Crippen molar-refractivity contribution in [3.63, 3.8) is 0 Å². The quantitative estimate of drug-likeness (QED) is 0.770. The van der Waals surface area contributed by atoms with E-state index in [0.29, 0.717) is 6.42 Å². The van der Waals surface area contributed by atoms with Crippen LogP contribution in [0.4, 0.5) is 8.78 Å². The van der Waals surface area contributed by atoms with E-state index < -0.39 is 29.4 Å². The highest BCUT2D eigenvalue weighted by molar-refractivity contribution is 5.89. The normalized spacial score (nSPS) is 20.3. The third-order valence-corrected chi connectivity index (χ3v) is 3.01. The van der Waals surface area contributed by atoms with Crippen LogP contribution in [0.5, 0.6) is 5.75 Å². The summed E-state index contributed by atoms with van der Waals surface area (Å²) in [5.41, 5.74) is 0. The molecule has 1 aromatic carbocycles. The zero-order valence-electron chi connectivity index (χ0n) is 10.4. The number of benzene rings is 1. The van der Waals surface area contributed by atoms with E-state index in [-0.39, 0.29) is 24.8 Å². The van der Waals surface area contributed by atoms with Crippen molar-refractivity contribution in [1.82, 2.24) is 5.32 Å². The lowest BCUT2D eigenvalue weighted by molar-refractivity contribution is -0.140. The van der Waals surface area contributed by atoms with E-state index in [4.69, 9.17) is 9.84 Å². The molecule has 108 valence electrons. The SMILES string of the molecule is O=C(O)[C@H]1C[C@@H]1C(=O)NCCOc1ccc(F)c(F)c1. The molecule has 1 fully saturated rings. The van der Waals surface area contributed by atoms with Crippen molar-refractivity contribution in [2.45, 2.75) is 6.42 Å². The molecule has 0 aromatic heterocycles. The van der Waals surface area contributed by atoms with Crippen LogP contribution >= 0.6 is 0 Å². The number of carboxylic acids is 1. The van der Waals surface area contributed by atoms with Gasteiger partial charge in [-0.1, -0.05) is 0 Å². The molecule has 1 aromatic rings. The first-order chi connectivity index (χ1) is 9.49. The first-order valence-electron chi connectivity index (χ1n) is 6.07. The van der Waals surface area contributed by atoms with Crippen LogP contribution in [-0.4, -0.2) is 30.1 Å². The Kier molecular flexibility index (Phi) is 4.16. The van der Waals surface area contributed by atoms with Gasteiger partial charge in [0.1, 0.15) is 12.4 Å². The van der Waals surface area contributed by atoms with Crippen molar-refractivity contribution < 1.29 is 28.2 Å². The van der Waals surface area contributed by atoms with Crippen LogP contribution in [0.1, 0.15) is 6.42 Å².